The molecule has 3 rings (SSSR count). The molecular formula is C21H26BrFN4O. The number of aromatic nitrogens is 2. The fourth-order valence-electron chi connectivity index (χ4n) is 3.22. The first-order valence-corrected chi connectivity index (χ1v) is 10.2. The Morgan fingerprint density at radius 1 is 1.46 bits per heavy atom. The van der Waals surface area contributed by atoms with E-state index in [9.17, 15) is 9.50 Å². The van der Waals surface area contributed by atoms with Gasteiger partial charge >= 0.3 is 0 Å². The molecule has 1 aromatic heterocycles. The molecule has 1 atom stereocenters. The number of nitrogens with zero attached hydrogens (tertiary/aromatic N) is 2. The zero-order chi connectivity index (χ0) is 20.4. The number of halogens is 2. The number of aliphatic hydroxyl groups is 1. The first-order chi connectivity index (χ1) is 13.3. The Kier molecular flexibility index (Phi) is 6.35. The van der Waals surface area contributed by atoms with Crippen LogP contribution in [-0.4, -0.2) is 27.1 Å². The first kappa shape index (κ1) is 20.7. The smallest absolute Gasteiger partial charge is 0.123 e. The van der Waals surface area contributed by atoms with Crippen molar-refractivity contribution in [2.45, 2.75) is 39.2 Å². The van der Waals surface area contributed by atoms with Gasteiger partial charge in [-0.2, -0.15) is 5.10 Å². The molecule has 0 saturated heterocycles. The molecule has 7 heteroatoms. The largest absolute Gasteiger partial charge is 0.389 e. The average molecular weight is 449 g/mol. The molecule has 0 amide bonds. The summed E-state index contributed by atoms with van der Waals surface area (Å²) in [5, 5.41) is 26.3. The summed E-state index contributed by atoms with van der Waals surface area (Å²) in [6, 6.07) is 4.39. The van der Waals surface area contributed by atoms with Crippen molar-refractivity contribution in [1.82, 2.24) is 15.1 Å². The fraction of sp³-hybridized carbons (Fsp3) is 0.429. The summed E-state index contributed by atoms with van der Waals surface area (Å²) in [6.07, 6.45) is 4.12. The lowest BCUT2D eigenvalue weighted by Crippen LogP contribution is -2.17. The molecule has 5 nitrogen and oxygen atoms in total. The summed E-state index contributed by atoms with van der Waals surface area (Å²) in [6.45, 7) is 4.29. The molecule has 1 aliphatic carbocycles. The van der Waals surface area contributed by atoms with E-state index in [0.717, 1.165) is 28.2 Å². The lowest BCUT2D eigenvalue weighted by Gasteiger charge is -2.14. The SMILES string of the molecule is CC(=N)/C(Cc1cn(C)nc1-c1ccc(F)cc1[C@@H](C)O)=C(/Br)NCC1CC1. The molecule has 1 aliphatic rings. The molecule has 3 N–H and O–H groups in total. The van der Waals surface area contributed by atoms with Crippen molar-refractivity contribution in [2.24, 2.45) is 13.0 Å². The molecule has 2 aromatic rings. The van der Waals surface area contributed by atoms with Gasteiger partial charge in [-0.3, -0.25) is 4.68 Å². The fourth-order valence-corrected chi connectivity index (χ4v) is 3.82. The summed E-state index contributed by atoms with van der Waals surface area (Å²) < 4.78 is 16.3. The zero-order valence-corrected chi connectivity index (χ0v) is 18.0. The van der Waals surface area contributed by atoms with Crippen LogP contribution in [0.4, 0.5) is 4.39 Å². The third-order valence-electron chi connectivity index (χ3n) is 4.95. The summed E-state index contributed by atoms with van der Waals surface area (Å²) in [7, 11) is 1.83. The number of aliphatic hydroxyl groups excluding tert-OH is 1. The van der Waals surface area contributed by atoms with Crippen LogP contribution in [0.2, 0.25) is 0 Å². The Balaban J connectivity index is 1.97. The van der Waals surface area contributed by atoms with Gasteiger partial charge in [-0.25, -0.2) is 4.39 Å². The normalized spacial score (nSPS) is 15.9. The predicted molar refractivity (Wildman–Crippen MR) is 113 cm³/mol. The second-order valence-electron chi connectivity index (χ2n) is 7.50. The van der Waals surface area contributed by atoms with E-state index in [1.165, 1.54) is 25.0 Å². The van der Waals surface area contributed by atoms with E-state index in [1.807, 2.05) is 13.2 Å². The maximum absolute atomic E-state index is 13.7. The van der Waals surface area contributed by atoms with Crippen LogP contribution in [0.1, 0.15) is 43.9 Å². The van der Waals surface area contributed by atoms with Crippen molar-refractivity contribution in [3.63, 3.8) is 0 Å². The molecule has 0 radical (unpaired) electrons. The predicted octanol–water partition coefficient (Wildman–Crippen LogP) is 4.47. The molecule has 0 unspecified atom stereocenters. The summed E-state index contributed by atoms with van der Waals surface area (Å²) in [5.41, 5.74) is 4.15. The second-order valence-corrected chi connectivity index (χ2v) is 8.30. The standard InChI is InChI=1S/C21H26BrFN4O/c1-12(24)18(21(22)25-10-14-4-5-14)8-15-11-27(3)26-20(15)17-7-6-16(23)9-19(17)13(2)28/h6-7,9,11,13-14,24-25,28H,4-5,8,10H2,1-3H3/b21-18-,24-12?/t13-/m1/s1. The summed E-state index contributed by atoms with van der Waals surface area (Å²) >= 11 is 3.60. The van der Waals surface area contributed by atoms with Gasteiger partial charge in [0.1, 0.15) is 5.82 Å². The number of nitrogens with one attached hydrogen (secondary N) is 2. The van der Waals surface area contributed by atoms with E-state index < -0.39 is 6.10 Å². The van der Waals surface area contributed by atoms with Gasteiger partial charge in [0.25, 0.3) is 0 Å². The van der Waals surface area contributed by atoms with Crippen LogP contribution < -0.4 is 5.32 Å². The number of aryl methyl sites for hydroxylation is 1. The van der Waals surface area contributed by atoms with Gasteiger partial charge in [0.2, 0.25) is 0 Å². The van der Waals surface area contributed by atoms with Gasteiger partial charge in [0.15, 0.2) is 0 Å². The number of benzene rings is 1. The molecule has 0 bridgehead atoms. The minimum absolute atomic E-state index is 0.389. The molecule has 28 heavy (non-hydrogen) atoms. The molecule has 150 valence electrons. The molecule has 1 heterocycles. The minimum atomic E-state index is -0.813. The van der Waals surface area contributed by atoms with Crippen molar-refractivity contribution in [1.29, 1.82) is 5.41 Å². The van der Waals surface area contributed by atoms with Crippen molar-refractivity contribution >= 4 is 21.6 Å². The minimum Gasteiger partial charge on any atom is -0.389 e. The quantitative estimate of drug-likeness (QED) is 0.411. The van der Waals surface area contributed by atoms with Crippen LogP contribution in [-0.2, 0) is 13.5 Å². The third kappa shape index (κ3) is 4.89. The Bertz CT molecular complexity index is 915. The molecular weight excluding hydrogens is 423 g/mol. The highest BCUT2D eigenvalue weighted by molar-refractivity contribution is 9.11. The third-order valence-corrected chi connectivity index (χ3v) is 5.71. The van der Waals surface area contributed by atoms with E-state index in [0.29, 0.717) is 29.0 Å². The van der Waals surface area contributed by atoms with E-state index in [-0.39, 0.29) is 5.82 Å². The van der Waals surface area contributed by atoms with Crippen LogP contribution in [0.5, 0.6) is 0 Å². The van der Waals surface area contributed by atoms with Crippen LogP contribution >= 0.6 is 15.9 Å². The number of hydrogen-bond donors (Lipinski definition) is 3. The maximum atomic E-state index is 13.7. The van der Waals surface area contributed by atoms with Crippen LogP contribution in [0.25, 0.3) is 11.3 Å². The Morgan fingerprint density at radius 3 is 2.79 bits per heavy atom. The van der Waals surface area contributed by atoms with E-state index in [1.54, 1.807) is 24.6 Å². The van der Waals surface area contributed by atoms with Gasteiger partial charge in [0, 0.05) is 48.6 Å². The highest BCUT2D eigenvalue weighted by Gasteiger charge is 2.22. The van der Waals surface area contributed by atoms with Gasteiger partial charge < -0.3 is 15.8 Å². The molecule has 0 aliphatic heterocycles. The summed E-state index contributed by atoms with van der Waals surface area (Å²) in [5.74, 6) is 0.335. The van der Waals surface area contributed by atoms with Crippen LogP contribution in [0.15, 0.2) is 34.6 Å². The van der Waals surface area contributed by atoms with Gasteiger partial charge in [-0.1, -0.05) is 0 Å². The lowest BCUT2D eigenvalue weighted by atomic mass is 9.95. The highest BCUT2D eigenvalue weighted by atomic mass is 79.9. The van der Waals surface area contributed by atoms with Crippen molar-refractivity contribution in [3.8, 4) is 11.3 Å². The molecule has 1 aromatic carbocycles. The Labute approximate surface area is 173 Å². The van der Waals surface area contributed by atoms with E-state index in [4.69, 9.17) is 5.41 Å². The van der Waals surface area contributed by atoms with Crippen molar-refractivity contribution in [3.05, 3.63) is 51.5 Å². The summed E-state index contributed by atoms with van der Waals surface area (Å²) in [4.78, 5) is 0. The molecule has 1 fully saturated rings. The van der Waals surface area contributed by atoms with Gasteiger partial charge in [-0.15, -0.1) is 0 Å². The van der Waals surface area contributed by atoms with E-state index >= 15 is 0 Å². The number of allylic oxidation sites excluding steroid dienone is 1. The Morgan fingerprint density at radius 2 is 2.18 bits per heavy atom. The second kappa shape index (κ2) is 8.57. The van der Waals surface area contributed by atoms with Gasteiger partial charge in [-0.05, 0) is 72.3 Å². The lowest BCUT2D eigenvalue weighted by molar-refractivity contribution is 0.199. The number of hydrogen-bond acceptors (Lipinski definition) is 4. The monoisotopic (exact) mass is 448 g/mol. The molecule has 1 saturated carbocycles. The highest BCUT2D eigenvalue weighted by Crippen LogP contribution is 2.32. The van der Waals surface area contributed by atoms with Crippen molar-refractivity contribution < 1.29 is 9.50 Å². The average Bonchev–Trinajstić information content (AvgIpc) is 3.39. The zero-order valence-electron chi connectivity index (χ0n) is 16.4. The van der Waals surface area contributed by atoms with Crippen molar-refractivity contribution in [2.75, 3.05) is 6.54 Å². The number of rotatable bonds is 8. The van der Waals surface area contributed by atoms with E-state index in [2.05, 4.69) is 26.3 Å². The van der Waals surface area contributed by atoms with Crippen LogP contribution in [0, 0.1) is 17.1 Å². The topological polar surface area (TPSA) is 73.9 Å². The first-order valence-electron chi connectivity index (χ1n) is 9.44. The van der Waals surface area contributed by atoms with Gasteiger partial charge in [0.05, 0.1) is 16.4 Å². The molecule has 0 spiro atoms. The van der Waals surface area contributed by atoms with Crippen LogP contribution in [0.3, 0.4) is 0 Å². The maximum Gasteiger partial charge on any atom is 0.123 e. The Hall–Kier alpha value is -1.99.